The van der Waals surface area contributed by atoms with Crippen LogP contribution in [0.25, 0.3) is 6.20 Å². The number of esters is 1. The predicted octanol–water partition coefficient (Wildman–Crippen LogP) is 3.57. The van der Waals surface area contributed by atoms with Gasteiger partial charge in [-0.3, -0.25) is 13.9 Å². The van der Waals surface area contributed by atoms with Crippen LogP contribution in [-0.4, -0.2) is 15.1 Å². The van der Waals surface area contributed by atoms with Crippen LogP contribution in [0.2, 0.25) is 0 Å². The van der Waals surface area contributed by atoms with Crippen LogP contribution < -0.4 is 11.2 Å². The van der Waals surface area contributed by atoms with Crippen molar-refractivity contribution in [1.29, 1.82) is 0 Å². The van der Waals surface area contributed by atoms with Crippen molar-refractivity contribution in [2.75, 3.05) is 0 Å². The number of carbonyl (C=O) groups excluding carboxylic acids is 1. The number of benzene rings is 2. The van der Waals surface area contributed by atoms with Gasteiger partial charge in [-0.25, -0.2) is 22.8 Å². The number of nitrogens with zero attached hydrogens (tertiary/aromatic N) is 2. The van der Waals surface area contributed by atoms with Gasteiger partial charge in [0.05, 0.1) is 6.54 Å². The molecule has 3 aromatic rings. The molecule has 33 heavy (non-hydrogen) atoms. The second-order valence-corrected chi connectivity index (χ2v) is 8.37. The fraction of sp³-hybridized carbons (Fsp3) is 0.174. The molecular weight excluding hydrogens is 457 g/mol. The molecule has 1 aromatic heterocycles. The van der Waals surface area contributed by atoms with E-state index in [1.807, 2.05) is 0 Å². The van der Waals surface area contributed by atoms with Crippen LogP contribution >= 0.6 is 11.8 Å². The molecule has 10 heteroatoms. The summed E-state index contributed by atoms with van der Waals surface area (Å²) in [6.45, 7) is 1.22. The maximum absolute atomic E-state index is 13.6. The minimum absolute atomic E-state index is 0.0760. The van der Waals surface area contributed by atoms with Crippen molar-refractivity contribution in [3.05, 3.63) is 108 Å². The first-order chi connectivity index (χ1) is 15.7. The van der Waals surface area contributed by atoms with Crippen molar-refractivity contribution in [1.82, 2.24) is 9.13 Å². The van der Waals surface area contributed by atoms with Crippen molar-refractivity contribution in [2.45, 2.75) is 25.8 Å². The van der Waals surface area contributed by atoms with E-state index in [4.69, 9.17) is 4.74 Å². The number of carbonyl (C=O) groups is 1. The van der Waals surface area contributed by atoms with Crippen molar-refractivity contribution < 1.29 is 22.7 Å². The highest BCUT2D eigenvalue weighted by Gasteiger charge is 2.24. The van der Waals surface area contributed by atoms with E-state index >= 15 is 0 Å². The van der Waals surface area contributed by atoms with Gasteiger partial charge >= 0.3 is 11.7 Å². The zero-order chi connectivity index (χ0) is 23.7. The van der Waals surface area contributed by atoms with Gasteiger partial charge in [0.2, 0.25) is 0 Å². The standard InChI is InChI=1S/C23H17F3N2O4S/c1-13-19-12-33-20(22(30)32-11-14-2-5-16(24)6-3-14)10-27(19)23(31)28(21(13)29)9-15-4-7-17(25)18(26)8-15/h2-8,10H,9,11-12H2,1H3. The number of hydrogen-bond donors (Lipinski definition) is 0. The molecule has 0 N–H and O–H groups in total. The third-order valence-corrected chi connectivity index (χ3v) is 6.15. The molecule has 0 aliphatic carbocycles. The summed E-state index contributed by atoms with van der Waals surface area (Å²) in [4.78, 5) is 38.5. The summed E-state index contributed by atoms with van der Waals surface area (Å²) < 4.78 is 47.1. The van der Waals surface area contributed by atoms with Gasteiger partial charge in [0, 0.05) is 23.2 Å². The lowest BCUT2D eigenvalue weighted by atomic mass is 10.2. The Kier molecular flexibility index (Phi) is 6.28. The molecule has 0 spiro atoms. The first kappa shape index (κ1) is 22.7. The maximum Gasteiger partial charge on any atom is 0.346 e. The Bertz CT molecular complexity index is 1390. The smallest absolute Gasteiger partial charge is 0.346 e. The summed E-state index contributed by atoms with van der Waals surface area (Å²) in [5, 5.41) is 0. The molecule has 1 aliphatic rings. The van der Waals surface area contributed by atoms with E-state index in [0.29, 0.717) is 16.8 Å². The first-order valence-corrected chi connectivity index (χ1v) is 10.8. The number of rotatable bonds is 5. The number of fused-ring (bicyclic) bond motifs is 1. The van der Waals surface area contributed by atoms with Crippen LogP contribution in [-0.2, 0) is 28.4 Å². The molecule has 2 heterocycles. The molecular formula is C23H17F3N2O4S. The van der Waals surface area contributed by atoms with Crippen LogP contribution in [0.1, 0.15) is 22.4 Å². The quantitative estimate of drug-likeness (QED) is 0.529. The van der Waals surface area contributed by atoms with E-state index in [1.165, 1.54) is 41.1 Å². The first-order valence-electron chi connectivity index (χ1n) is 9.79. The Hall–Kier alpha value is -3.53. The molecule has 170 valence electrons. The second kappa shape index (κ2) is 9.14. The molecule has 0 amide bonds. The van der Waals surface area contributed by atoms with Gasteiger partial charge in [-0.1, -0.05) is 18.2 Å². The molecule has 0 saturated heterocycles. The molecule has 0 radical (unpaired) electrons. The topological polar surface area (TPSA) is 70.3 Å². The molecule has 6 nitrogen and oxygen atoms in total. The van der Waals surface area contributed by atoms with Crippen LogP contribution in [0.4, 0.5) is 13.2 Å². The van der Waals surface area contributed by atoms with E-state index in [9.17, 15) is 27.6 Å². The SMILES string of the molecule is Cc1c2n(c(=O)n(Cc3ccc(F)c(F)c3)c1=O)C=C(C(=O)OCc1ccc(F)cc1)SC2. The largest absolute Gasteiger partial charge is 0.457 e. The molecule has 1 aliphatic heterocycles. The van der Waals surface area contributed by atoms with Gasteiger partial charge in [-0.2, -0.15) is 0 Å². The minimum atomic E-state index is -1.09. The van der Waals surface area contributed by atoms with E-state index in [-0.39, 0.29) is 29.4 Å². The van der Waals surface area contributed by atoms with Gasteiger partial charge in [0.15, 0.2) is 11.6 Å². The number of halogens is 3. The van der Waals surface area contributed by atoms with Gasteiger partial charge in [-0.05, 0) is 42.3 Å². The molecule has 0 bridgehead atoms. The maximum atomic E-state index is 13.6. The number of hydrogen-bond acceptors (Lipinski definition) is 5. The molecule has 4 rings (SSSR count). The molecule has 2 aromatic carbocycles. The molecule has 0 saturated carbocycles. The van der Waals surface area contributed by atoms with Crippen LogP contribution in [0.15, 0.2) is 57.0 Å². The van der Waals surface area contributed by atoms with E-state index in [1.54, 1.807) is 6.92 Å². The van der Waals surface area contributed by atoms with E-state index < -0.39 is 34.7 Å². The highest BCUT2D eigenvalue weighted by Crippen LogP contribution is 2.28. The van der Waals surface area contributed by atoms with Crippen LogP contribution in [0.5, 0.6) is 0 Å². The summed E-state index contributed by atoms with van der Waals surface area (Å²) in [7, 11) is 0. The van der Waals surface area contributed by atoms with E-state index in [0.717, 1.165) is 28.5 Å². The second-order valence-electron chi connectivity index (χ2n) is 7.35. The zero-order valence-corrected chi connectivity index (χ0v) is 18.1. The van der Waals surface area contributed by atoms with Crippen molar-refractivity contribution in [3.8, 4) is 0 Å². The number of thioether (sulfide) groups is 1. The lowest BCUT2D eigenvalue weighted by molar-refractivity contribution is -0.139. The highest BCUT2D eigenvalue weighted by molar-refractivity contribution is 8.03. The van der Waals surface area contributed by atoms with Crippen LogP contribution in [0, 0.1) is 24.4 Å². The lowest BCUT2D eigenvalue weighted by Crippen LogP contribution is -2.42. The van der Waals surface area contributed by atoms with Gasteiger partial charge in [0.25, 0.3) is 5.56 Å². The van der Waals surface area contributed by atoms with Crippen molar-refractivity contribution in [2.24, 2.45) is 0 Å². The van der Waals surface area contributed by atoms with E-state index in [2.05, 4.69) is 0 Å². The predicted molar refractivity (Wildman–Crippen MR) is 117 cm³/mol. The van der Waals surface area contributed by atoms with Crippen molar-refractivity contribution in [3.63, 3.8) is 0 Å². The number of aromatic nitrogens is 2. The monoisotopic (exact) mass is 474 g/mol. The van der Waals surface area contributed by atoms with Gasteiger partial charge in [-0.15, -0.1) is 11.8 Å². The van der Waals surface area contributed by atoms with Gasteiger partial charge < -0.3 is 4.74 Å². The Morgan fingerprint density at radius 2 is 1.73 bits per heavy atom. The average molecular weight is 474 g/mol. The van der Waals surface area contributed by atoms with Crippen molar-refractivity contribution >= 4 is 23.9 Å². The highest BCUT2D eigenvalue weighted by atomic mass is 32.2. The van der Waals surface area contributed by atoms with Crippen LogP contribution in [0.3, 0.4) is 0 Å². The zero-order valence-electron chi connectivity index (χ0n) is 17.3. The summed E-state index contributed by atoms with van der Waals surface area (Å²) in [5.74, 6) is -3.00. The Balaban J connectivity index is 1.63. The summed E-state index contributed by atoms with van der Waals surface area (Å²) >= 11 is 1.12. The summed E-state index contributed by atoms with van der Waals surface area (Å²) in [5.41, 5.74) is 0.314. The molecule has 0 fully saturated rings. The molecule has 0 unspecified atom stereocenters. The van der Waals surface area contributed by atoms with Gasteiger partial charge in [0.1, 0.15) is 17.3 Å². The average Bonchev–Trinajstić information content (AvgIpc) is 2.81. The fourth-order valence-corrected chi connectivity index (χ4v) is 4.33. The lowest BCUT2D eigenvalue weighted by Gasteiger charge is -2.20. The minimum Gasteiger partial charge on any atom is -0.457 e. The third kappa shape index (κ3) is 4.65. The Morgan fingerprint density at radius 3 is 2.42 bits per heavy atom. The Morgan fingerprint density at radius 1 is 1.03 bits per heavy atom. The Labute approximate surface area is 189 Å². The normalized spacial score (nSPS) is 12.8. The third-order valence-electron chi connectivity index (χ3n) is 5.15. The summed E-state index contributed by atoms with van der Waals surface area (Å²) in [6, 6.07) is 8.62. The number of ether oxygens (including phenoxy) is 1. The summed E-state index contributed by atoms with van der Waals surface area (Å²) in [6.07, 6.45) is 1.30. The fourth-order valence-electron chi connectivity index (χ4n) is 3.32. The molecule has 0 atom stereocenters.